The first-order valence-corrected chi connectivity index (χ1v) is 5.11. The van der Waals surface area contributed by atoms with E-state index in [1.54, 1.807) is 0 Å². The highest BCUT2D eigenvalue weighted by Crippen LogP contribution is 1.99. The molecule has 1 N–H and O–H groups in total. The molecular weight excluding hydrogens is 174 g/mol. The fraction of sp³-hybridized carbons (Fsp3) is 0.545. The first-order valence-electron chi connectivity index (χ1n) is 5.11. The number of hydrogen-bond acceptors (Lipinski definition) is 3. The fourth-order valence-corrected chi connectivity index (χ4v) is 1.33. The molecule has 0 aliphatic carbocycles. The zero-order valence-electron chi connectivity index (χ0n) is 9.03. The van der Waals surface area contributed by atoms with Gasteiger partial charge in [0.2, 0.25) is 0 Å². The molecule has 78 valence electrons. The van der Waals surface area contributed by atoms with E-state index in [-0.39, 0.29) is 0 Å². The topological polar surface area (TPSA) is 28.2 Å². The maximum atomic E-state index is 4.09. The van der Waals surface area contributed by atoms with Crippen LogP contribution < -0.4 is 5.32 Å². The van der Waals surface area contributed by atoms with Crippen LogP contribution >= 0.6 is 0 Å². The average Bonchev–Trinajstić information content (AvgIpc) is 2.20. The summed E-state index contributed by atoms with van der Waals surface area (Å²) >= 11 is 0. The molecule has 0 fully saturated rings. The lowest BCUT2D eigenvalue weighted by Gasteiger charge is -2.16. The standard InChI is InChI=1S/C11H19N3/c1-3-12-7-8-14(2)10-11-5-4-6-13-9-11/h4-6,9,12H,3,7-8,10H2,1-2H3. The van der Waals surface area contributed by atoms with Gasteiger partial charge in [-0.2, -0.15) is 0 Å². The lowest BCUT2D eigenvalue weighted by atomic mass is 10.3. The van der Waals surface area contributed by atoms with Crippen LogP contribution in [0.4, 0.5) is 0 Å². The quantitative estimate of drug-likeness (QED) is 0.686. The number of hydrogen-bond donors (Lipinski definition) is 1. The van der Waals surface area contributed by atoms with Gasteiger partial charge < -0.3 is 10.2 Å². The Hall–Kier alpha value is -0.930. The number of rotatable bonds is 6. The summed E-state index contributed by atoms with van der Waals surface area (Å²) in [7, 11) is 2.13. The Morgan fingerprint density at radius 2 is 2.36 bits per heavy atom. The molecule has 0 saturated heterocycles. The molecule has 0 aliphatic rings. The van der Waals surface area contributed by atoms with E-state index in [0.29, 0.717) is 0 Å². The highest BCUT2D eigenvalue weighted by Gasteiger charge is 1.98. The van der Waals surface area contributed by atoms with Crippen molar-refractivity contribution in [3.05, 3.63) is 30.1 Å². The van der Waals surface area contributed by atoms with Crippen LogP contribution in [0.2, 0.25) is 0 Å². The molecule has 1 aromatic rings. The largest absolute Gasteiger partial charge is 0.316 e. The summed E-state index contributed by atoms with van der Waals surface area (Å²) in [5.41, 5.74) is 1.27. The number of nitrogens with zero attached hydrogens (tertiary/aromatic N) is 2. The zero-order valence-corrected chi connectivity index (χ0v) is 9.03. The van der Waals surface area contributed by atoms with Gasteiger partial charge in [0.25, 0.3) is 0 Å². The third kappa shape index (κ3) is 4.35. The Morgan fingerprint density at radius 1 is 1.50 bits per heavy atom. The summed E-state index contributed by atoms with van der Waals surface area (Å²) in [5.74, 6) is 0. The van der Waals surface area contributed by atoms with Gasteiger partial charge in [0.05, 0.1) is 0 Å². The normalized spacial score (nSPS) is 10.8. The molecule has 0 radical (unpaired) electrons. The maximum Gasteiger partial charge on any atom is 0.0312 e. The van der Waals surface area contributed by atoms with E-state index in [0.717, 1.165) is 26.2 Å². The van der Waals surface area contributed by atoms with E-state index in [9.17, 15) is 0 Å². The van der Waals surface area contributed by atoms with Crippen LogP contribution in [0.1, 0.15) is 12.5 Å². The van der Waals surface area contributed by atoms with E-state index in [1.165, 1.54) is 5.56 Å². The van der Waals surface area contributed by atoms with Crippen molar-refractivity contribution in [2.45, 2.75) is 13.5 Å². The second kappa shape index (κ2) is 6.51. The van der Waals surface area contributed by atoms with Crippen molar-refractivity contribution in [2.75, 3.05) is 26.7 Å². The molecule has 14 heavy (non-hydrogen) atoms. The molecule has 0 unspecified atom stereocenters. The summed E-state index contributed by atoms with van der Waals surface area (Å²) in [5, 5.41) is 3.31. The average molecular weight is 193 g/mol. The van der Waals surface area contributed by atoms with E-state index in [4.69, 9.17) is 0 Å². The van der Waals surface area contributed by atoms with Gasteiger partial charge >= 0.3 is 0 Å². The summed E-state index contributed by atoms with van der Waals surface area (Å²) in [6.07, 6.45) is 3.73. The zero-order chi connectivity index (χ0) is 10.2. The molecule has 0 atom stereocenters. The minimum absolute atomic E-state index is 0.971. The molecule has 1 aromatic heterocycles. The fourth-order valence-electron chi connectivity index (χ4n) is 1.33. The Kier molecular flexibility index (Phi) is 5.19. The van der Waals surface area contributed by atoms with Gasteiger partial charge in [0.15, 0.2) is 0 Å². The van der Waals surface area contributed by atoms with Crippen molar-refractivity contribution >= 4 is 0 Å². The van der Waals surface area contributed by atoms with Gasteiger partial charge in [0.1, 0.15) is 0 Å². The molecule has 0 aliphatic heterocycles. The number of aromatic nitrogens is 1. The molecule has 3 nitrogen and oxygen atoms in total. The summed E-state index contributed by atoms with van der Waals surface area (Å²) in [6.45, 7) is 6.26. The molecule has 1 rings (SSSR count). The van der Waals surface area contributed by atoms with E-state index in [1.807, 2.05) is 18.5 Å². The summed E-state index contributed by atoms with van der Waals surface area (Å²) < 4.78 is 0. The Bertz CT molecular complexity index is 236. The van der Waals surface area contributed by atoms with Crippen LogP contribution in [0.15, 0.2) is 24.5 Å². The van der Waals surface area contributed by atoms with Crippen LogP contribution in [0, 0.1) is 0 Å². The third-order valence-corrected chi connectivity index (χ3v) is 2.10. The lowest BCUT2D eigenvalue weighted by Crippen LogP contribution is -2.28. The highest BCUT2D eigenvalue weighted by molar-refractivity contribution is 5.07. The minimum atomic E-state index is 0.971. The van der Waals surface area contributed by atoms with Crippen molar-refractivity contribution in [1.82, 2.24) is 15.2 Å². The first-order chi connectivity index (χ1) is 6.83. The molecule has 1 heterocycles. The van der Waals surface area contributed by atoms with E-state index < -0.39 is 0 Å². The first kappa shape index (κ1) is 11.1. The molecule has 3 heteroatoms. The smallest absolute Gasteiger partial charge is 0.0312 e. The molecule has 0 saturated carbocycles. The molecule has 0 spiro atoms. The van der Waals surface area contributed by atoms with Gasteiger partial charge in [0, 0.05) is 32.0 Å². The van der Waals surface area contributed by atoms with Gasteiger partial charge in [-0.25, -0.2) is 0 Å². The molecule has 0 aromatic carbocycles. The SMILES string of the molecule is CCNCCN(C)Cc1cccnc1. The van der Waals surface area contributed by atoms with Gasteiger partial charge in [-0.1, -0.05) is 13.0 Å². The van der Waals surface area contributed by atoms with Gasteiger partial charge in [-0.15, -0.1) is 0 Å². The summed E-state index contributed by atoms with van der Waals surface area (Å²) in [6, 6.07) is 4.09. The van der Waals surface area contributed by atoms with Crippen molar-refractivity contribution in [3.63, 3.8) is 0 Å². The summed E-state index contributed by atoms with van der Waals surface area (Å²) in [4.78, 5) is 6.38. The second-order valence-corrected chi connectivity index (χ2v) is 3.45. The monoisotopic (exact) mass is 193 g/mol. The molecule has 0 bridgehead atoms. The minimum Gasteiger partial charge on any atom is -0.316 e. The predicted molar refractivity (Wildman–Crippen MR) is 59.1 cm³/mol. The predicted octanol–water partition coefficient (Wildman–Crippen LogP) is 1.12. The van der Waals surface area contributed by atoms with Crippen LogP contribution in [0.5, 0.6) is 0 Å². The van der Waals surface area contributed by atoms with Crippen LogP contribution in [-0.2, 0) is 6.54 Å². The Labute approximate surface area is 86.2 Å². The number of pyridine rings is 1. The number of nitrogens with one attached hydrogen (secondary N) is 1. The number of likely N-dealkylation sites (N-methyl/N-ethyl adjacent to an activating group) is 2. The van der Waals surface area contributed by atoms with Crippen molar-refractivity contribution in [2.24, 2.45) is 0 Å². The van der Waals surface area contributed by atoms with Crippen LogP contribution in [0.3, 0.4) is 0 Å². The van der Waals surface area contributed by atoms with Crippen LogP contribution in [-0.4, -0.2) is 36.6 Å². The van der Waals surface area contributed by atoms with Gasteiger partial charge in [-0.05, 0) is 25.2 Å². The van der Waals surface area contributed by atoms with Crippen molar-refractivity contribution in [3.8, 4) is 0 Å². The van der Waals surface area contributed by atoms with E-state index >= 15 is 0 Å². The molecule has 0 amide bonds. The highest BCUT2D eigenvalue weighted by atomic mass is 15.1. The van der Waals surface area contributed by atoms with Crippen molar-refractivity contribution < 1.29 is 0 Å². The maximum absolute atomic E-state index is 4.09. The Morgan fingerprint density at radius 3 is 3.00 bits per heavy atom. The third-order valence-electron chi connectivity index (χ3n) is 2.10. The van der Waals surface area contributed by atoms with E-state index in [2.05, 4.69) is 35.2 Å². The van der Waals surface area contributed by atoms with Gasteiger partial charge in [-0.3, -0.25) is 4.98 Å². The van der Waals surface area contributed by atoms with Crippen molar-refractivity contribution in [1.29, 1.82) is 0 Å². The molecular formula is C11H19N3. The lowest BCUT2D eigenvalue weighted by molar-refractivity contribution is 0.325. The Balaban J connectivity index is 2.23. The second-order valence-electron chi connectivity index (χ2n) is 3.45. The van der Waals surface area contributed by atoms with Crippen LogP contribution in [0.25, 0.3) is 0 Å².